The third-order valence-electron chi connectivity index (χ3n) is 4.13. The van der Waals surface area contributed by atoms with E-state index in [9.17, 15) is 9.59 Å². The Bertz CT molecular complexity index is 1020. The second kappa shape index (κ2) is 9.88. The number of nitrogens with two attached hydrogens (primary N) is 1. The summed E-state index contributed by atoms with van der Waals surface area (Å²) in [5, 5.41) is 9.81. The van der Waals surface area contributed by atoms with Gasteiger partial charge in [0.05, 0.1) is 5.56 Å². The third kappa shape index (κ3) is 6.20. The molecule has 0 fully saturated rings. The van der Waals surface area contributed by atoms with Crippen molar-refractivity contribution in [3.63, 3.8) is 0 Å². The summed E-state index contributed by atoms with van der Waals surface area (Å²) in [7, 11) is 0. The van der Waals surface area contributed by atoms with Crippen LogP contribution in [0, 0.1) is 5.41 Å². The van der Waals surface area contributed by atoms with Crippen LogP contribution in [0.3, 0.4) is 0 Å². The van der Waals surface area contributed by atoms with Crippen LogP contribution < -0.4 is 20.5 Å². The van der Waals surface area contributed by atoms with E-state index in [1.165, 1.54) is 0 Å². The number of hydrogen-bond acceptors (Lipinski definition) is 5. The van der Waals surface area contributed by atoms with Gasteiger partial charge in [0.1, 0.15) is 11.5 Å². The zero-order valence-corrected chi connectivity index (χ0v) is 16.1. The number of carbonyl (C=O) groups is 2. The van der Waals surface area contributed by atoms with Crippen LogP contribution in [-0.2, 0) is 11.2 Å². The summed E-state index contributed by atoms with van der Waals surface area (Å²) in [5.41, 5.74) is 7.27. The van der Waals surface area contributed by atoms with Crippen molar-refractivity contribution < 1.29 is 19.1 Å². The Morgan fingerprint density at radius 2 is 1.43 bits per heavy atom. The van der Waals surface area contributed by atoms with Crippen LogP contribution in [0.2, 0.25) is 0 Å². The van der Waals surface area contributed by atoms with Crippen LogP contribution in [0.1, 0.15) is 22.3 Å². The number of benzene rings is 3. The number of anilines is 1. The average molecular weight is 403 g/mol. The Morgan fingerprint density at radius 1 is 0.833 bits per heavy atom. The fourth-order valence-electron chi connectivity index (χ4n) is 2.66. The minimum Gasteiger partial charge on any atom is -0.427 e. The van der Waals surface area contributed by atoms with Crippen LogP contribution >= 0.6 is 0 Å². The van der Waals surface area contributed by atoms with Crippen molar-refractivity contribution in [2.45, 2.75) is 12.8 Å². The van der Waals surface area contributed by atoms with Gasteiger partial charge in [-0.2, -0.15) is 0 Å². The first-order valence-corrected chi connectivity index (χ1v) is 9.27. The number of aryl methyl sites for hydroxylation is 1. The van der Waals surface area contributed by atoms with E-state index in [-0.39, 0.29) is 18.3 Å². The first-order valence-electron chi connectivity index (χ1n) is 9.27. The molecule has 0 spiro atoms. The smallest absolute Gasteiger partial charge is 0.343 e. The van der Waals surface area contributed by atoms with Gasteiger partial charge in [-0.1, -0.05) is 30.3 Å². The van der Waals surface area contributed by atoms with Crippen molar-refractivity contribution in [2.75, 3.05) is 5.32 Å². The Morgan fingerprint density at radius 3 is 2.03 bits per heavy atom. The summed E-state index contributed by atoms with van der Waals surface area (Å²) in [4.78, 5) is 24.2. The second-order valence-corrected chi connectivity index (χ2v) is 6.44. The summed E-state index contributed by atoms with van der Waals surface area (Å²) in [6.07, 6.45) is 0.880. The lowest BCUT2D eigenvalue weighted by Gasteiger charge is -2.08. The van der Waals surface area contributed by atoms with Crippen molar-refractivity contribution in [1.29, 1.82) is 5.41 Å². The van der Waals surface area contributed by atoms with Gasteiger partial charge < -0.3 is 20.5 Å². The van der Waals surface area contributed by atoms with Gasteiger partial charge in [0.15, 0.2) is 5.96 Å². The number of rotatable bonds is 7. The Kier molecular flexibility index (Phi) is 6.78. The maximum absolute atomic E-state index is 12.2. The van der Waals surface area contributed by atoms with Gasteiger partial charge in [0.25, 0.3) is 0 Å². The molecule has 0 aliphatic rings. The summed E-state index contributed by atoms with van der Waals surface area (Å²) in [5.74, 6) is -0.339. The standard InChI is InChI=1S/C23H21N3O4/c24-23(25)26-18-9-7-17(8-10-18)22(28)30-20-13-11-19(12-14-20)29-21(27)15-6-16-4-2-1-3-5-16/h1-5,7-14H,6,15H2,(H4,24,25,26). The van der Waals surface area contributed by atoms with Crippen LogP contribution in [0.4, 0.5) is 5.69 Å². The molecule has 0 radical (unpaired) electrons. The molecule has 152 valence electrons. The van der Waals surface area contributed by atoms with Crippen LogP contribution in [0.15, 0.2) is 78.9 Å². The fraction of sp³-hybridized carbons (Fsp3) is 0.0870. The SMILES string of the molecule is N=C(N)Nc1ccc(C(=O)Oc2ccc(OC(=O)CCc3ccccc3)cc2)cc1. The van der Waals surface area contributed by atoms with E-state index in [2.05, 4.69) is 5.32 Å². The highest BCUT2D eigenvalue weighted by atomic mass is 16.5. The maximum Gasteiger partial charge on any atom is 0.343 e. The molecule has 0 aliphatic carbocycles. The maximum atomic E-state index is 12.2. The van der Waals surface area contributed by atoms with Crippen LogP contribution in [0.25, 0.3) is 0 Å². The molecule has 3 aromatic carbocycles. The van der Waals surface area contributed by atoms with Crippen molar-refractivity contribution in [1.82, 2.24) is 0 Å². The van der Waals surface area contributed by atoms with Crippen molar-refractivity contribution in [3.05, 3.63) is 90.0 Å². The zero-order valence-electron chi connectivity index (χ0n) is 16.1. The van der Waals surface area contributed by atoms with Gasteiger partial charge in [0.2, 0.25) is 0 Å². The molecule has 0 heterocycles. The quantitative estimate of drug-likeness (QED) is 0.240. The molecular formula is C23H21N3O4. The van der Waals surface area contributed by atoms with Crippen molar-refractivity contribution in [2.24, 2.45) is 5.73 Å². The average Bonchev–Trinajstić information content (AvgIpc) is 2.74. The van der Waals surface area contributed by atoms with Crippen molar-refractivity contribution in [3.8, 4) is 11.5 Å². The number of esters is 2. The highest BCUT2D eigenvalue weighted by molar-refractivity contribution is 5.93. The summed E-state index contributed by atoms with van der Waals surface area (Å²) in [6, 6.07) is 22.3. The van der Waals surface area contributed by atoms with E-state index >= 15 is 0 Å². The largest absolute Gasteiger partial charge is 0.427 e. The second-order valence-electron chi connectivity index (χ2n) is 6.44. The summed E-state index contributed by atoms with van der Waals surface area (Å²) >= 11 is 0. The van der Waals surface area contributed by atoms with Gasteiger partial charge in [-0.15, -0.1) is 0 Å². The van der Waals surface area contributed by atoms with E-state index in [4.69, 9.17) is 20.6 Å². The molecule has 0 atom stereocenters. The summed E-state index contributed by atoms with van der Waals surface area (Å²) < 4.78 is 10.6. The van der Waals surface area contributed by atoms with Gasteiger partial charge in [-0.3, -0.25) is 10.2 Å². The van der Waals surface area contributed by atoms with E-state index < -0.39 is 5.97 Å². The normalized spacial score (nSPS) is 10.1. The molecule has 3 aromatic rings. The third-order valence-corrected chi connectivity index (χ3v) is 4.13. The number of hydrogen-bond donors (Lipinski definition) is 3. The topological polar surface area (TPSA) is 114 Å². The molecule has 0 saturated heterocycles. The lowest BCUT2D eigenvalue weighted by molar-refractivity contribution is -0.134. The molecule has 0 bridgehead atoms. The molecule has 7 nitrogen and oxygen atoms in total. The lowest BCUT2D eigenvalue weighted by Crippen LogP contribution is -2.20. The van der Waals surface area contributed by atoms with Gasteiger partial charge >= 0.3 is 11.9 Å². The minimum absolute atomic E-state index is 0.189. The molecule has 3 rings (SSSR count). The Hall–Kier alpha value is -4.13. The summed E-state index contributed by atoms with van der Waals surface area (Å²) in [6.45, 7) is 0. The van der Waals surface area contributed by atoms with Crippen LogP contribution in [-0.4, -0.2) is 17.9 Å². The van der Waals surface area contributed by atoms with Gasteiger partial charge in [-0.05, 0) is 60.5 Å². The van der Waals surface area contributed by atoms with Gasteiger partial charge in [-0.25, -0.2) is 4.79 Å². The molecule has 4 N–H and O–H groups in total. The van der Waals surface area contributed by atoms with E-state index in [0.29, 0.717) is 29.2 Å². The first-order chi connectivity index (χ1) is 14.5. The number of ether oxygens (including phenoxy) is 2. The van der Waals surface area contributed by atoms with E-state index in [1.807, 2.05) is 30.3 Å². The molecule has 30 heavy (non-hydrogen) atoms. The minimum atomic E-state index is -0.531. The fourth-order valence-corrected chi connectivity index (χ4v) is 2.66. The molecule has 0 aliphatic heterocycles. The molecule has 7 heteroatoms. The van der Waals surface area contributed by atoms with Crippen LogP contribution in [0.5, 0.6) is 11.5 Å². The number of carbonyl (C=O) groups excluding carboxylic acids is 2. The van der Waals surface area contributed by atoms with Crippen molar-refractivity contribution >= 4 is 23.6 Å². The highest BCUT2D eigenvalue weighted by Gasteiger charge is 2.10. The lowest BCUT2D eigenvalue weighted by atomic mass is 10.1. The van der Waals surface area contributed by atoms with Gasteiger partial charge in [0, 0.05) is 12.1 Å². The molecule has 0 saturated carbocycles. The monoisotopic (exact) mass is 403 g/mol. The predicted octanol–water partition coefficient (Wildman–Crippen LogP) is 3.75. The van der Waals surface area contributed by atoms with E-state index in [0.717, 1.165) is 5.56 Å². The number of guanidine groups is 1. The molecule has 0 amide bonds. The van der Waals surface area contributed by atoms with E-state index in [1.54, 1.807) is 48.5 Å². The highest BCUT2D eigenvalue weighted by Crippen LogP contribution is 2.20. The molecule has 0 unspecified atom stereocenters. The molecular weight excluding hydrogens is 382 g/mol. The Labute approximate surface area is 173 Å². The predicted molar refractivity (Wildman–Crippen MR) is 114 cm³/mol. The zero-order chi connectivity index (χ0) is 21.3. The number of nitrogens with one attached hydrogen (secondary N) is 2. The molecule has 0 aromatic heterocycles. The Balaban J connectivity index is 1.50. The first kappa shape index (κ1) is 20.6.